The maximum atomic E-state index is 12.7. The number of hydrogen-bond donors (Lipinski definition) is 2. The lowest BCUT2D eigenvalue weighted by Gasteiger charge is -2.24. The van der Waals surface area contributed by atoms with Crippen molar-refractivity contribution in [1.82, 2.24) is 5.32 Å². The van der Waals surface area contributed by atoms with Gasteiger partial charge < -0.3 is 25.3 Å². The zero-order valence-corrected chi connectivity index (χ0v) is 19.0. The molecule has 0 heterocycles. The van der Waals surface area contributed by atoms with Gasteiger partial charge in [-0.3, -0.25) is 14.4 Å². The van der Waals surface area contributed by atoms with Crippen LogP contribution in [0.1, 0.15) is 57.9 Å². The van der Waals surface area contributed by atoms with E-state index in [2.05, 4.69) is 11.1 Å². The Hall–Kier alpha value is -2.94. The van der Waals surface area contributed by atoms with Crippen LogP contribution in [0.15, 0.2) is 18.2 Å². The molecule has 176 valence electrons. The van der Waals surface area contributed by atoms with E-state index in [1.165, 1.54) is 52.4 Å². The summed E-state index contributed by atoms with van der Waals surface area (Å²) < 4.78 is 15.0. The minimum absolute atomic E-state index is 0.0486. The predicted octanol–water partition coefficient (Wildman–Crippen LogP) is 1.32. The number of quaternary nitrogens is 1. The molecule has 2 atom stereocenters. The first-order valence-corrected chi connectivity index (χ1v) is 10.9. The van der Waals surface area contributed by atoms with Gasteiger partial charge in [-0.25, -0.2) is 4.79 Å². The number of carbonyl (C=O) groups is 4. The normalized spacial score (nSPS) is 15.9. The number of benzene rings is 1. The summed E-state index contributed by atoms with van der Waals surface area (Å²) in [5.74, 6) is -1.44. The molecular weight excluding hydrogens is 416 g/mol. The zero-order valence-electron chi connectivity index (χ0n) is 19.0. The molecule has 1 aromatic rings. The molecule has 1 aliphatic carbocycles. The average Bonchev–Trinajstić information content (AvgIpc) is 2.74. The van der Waals surface area contributed by atoms with Gasteiger partial charge in [0, 0.05) is 26.7 Å². The fourth-order valence-electron chi connectivity index (χ4n) is 3.95. The van der Waals surface area contributed by atoms with E-state index < -0.39 is 30.0 Å². The molecule has 4 N–H and O–H groups in total. The van der Waals surface area contributed by atoms with Crippen molar-refractivity contribution in [1.29, 1.82) is 0 Å². The quantitative estimate of drug-likeness (QED) is 0.429. The number of esters is 3. The molecular formula is C23H33N2O7+. The van der Waals surface area contributed by atoms with Crippen LogP contribution in [0.3, 0.4) is 0 Å². The van der Waals surface area contributed by atoms with E-state index >= 15 is 0 Å². The lowest BCUT2D eigenvalue weighted by molar-refractivity contribution is -0.407. The molecule has 0 aromatic heterocycles. The Labute approximate surface area is 188 Å². The Kier molecular flexibility index (Phi) is 9.64. The van der Waals surface area contributed by atoms with Crippen LogP contribution in [0.25, 0.3) is 0 Å². The number of methoxy groups -OCH3 is 1. The first-order valence-electron chi connectivity index (χ1n) is 10.9. The molecule has 0 saturated heterocycles. The highest BCUT2D eigenvalue weighted by Crippen LogP contribution is 2.30. The first kappa shape index (κ1) is 25.3. The highest BCUT2D eigenvalue weighted by atomic mass is 16.6. The van der Waals surface area contributed by atoms with Crippen LogP contribution in [0.2, 0.25) is 0 Å². The molecule has 9 heteroatoms. The first-order chi connectivity index (χ1) is 15.2. The molecule has 32 heavy (non-hydrogen) atoms. The third-order valence-corrected chi connectivity index (χ3v) is 5.47. The fraction of sp³-hybridized carbons (Fsp3) is 0.565. The van der Waals surface area contributed by atoms with Crippen molar-refractivity contribution in [2.75, 3.05) is 7.11 Å². The smallest absolute Gasteiger partial charge is 0.328 e. The highest BCUT2D eigenvalue weighted by Gasteiger charge is 2.29. The summed E-state index contributed by atoms with van der Waals surface area (Å²) in [4.78, 5) is 47.8. The Morgan fingerprint density at radius 3 is 2.25 bits per heavy atom. The van der Waals surface area contributed by atoms with E-state index in [-0.39, 0.29) is 23.8 Å². The standard InChI is InChI=1S/C23H32N2O7/c1-14(26)31-20-10-9-17(13-21(20)32-15(2)27)12-19(23(29)30-3)25-22(28)18(24)11-16-7-5-4-6-8-16/h9-10,13,16,18-19H,4-8,11-12,24H2,1-3H3,(H,25,28)/p+1/t18-,19-/m0/s1. The van der Waals surface area contributed by atoms with Gasteiger partial charge in [-0.2, -0.15) is 0 Å². The third-order valence-electron chi connectivity index (χ3n) is 5.47. The van der Waals surface area contributed by atoms with Crippen LogP contribution in [0, 0.1) is 5.92 Å². The SMILES string of the molecule is COC(=O)[C@H](Cc1ccc(OC(C)=O)c(OC(C)=O)c1)NC(=O)[C@@H]([NH3+])CC1CCCCC1. The molecule has 1 fully saturated rings. The summed E-state index contributed by atoms with van der Waals surface area (Å²) in [6.45, 7) is 2.46. The molecule has 9 nitrogen and oxygen atoms in total. The fourth-order valence-corrected chi connectivity index (χ4v) is 3.95. The molecule has 0 bridgehead atoms. The molecule has 0 unspecified atom stereocenters. The number of amides is 1. The highest BCUT2D eigenvalue weighted by molar-refractivity contribution is 5.86. The van der Waals surface area contributed by atoms with Gasteiger partial charge in [0.05, 0.1) is 7.11 Å². The summed E-state index contributed by atoms with van der Waals surface area (Å²) in [7, 11) is 1.25. The van der Waals surface area contributed by atoms with Gasteiger partial charge >= 0.3 is 17.9 Å². The van der Waals surface area contributed by atoms with E-state index in [4.69, 9.17) is 14.2 Å². The van der Waals surface area contributed by atoms with Crippen LogP contribution in [-0.2, 0) is 30.3 Å². The largest absolute Gasteiger partial charge is 0.467 e. The Morgan fingerprint density at radius 2 is 1.66 bits per heavy atom. The number of nitrogens with one attached hydrogen (secondary N) is 1. The number of ether oxygens (including phenoxy) is 3. The lowest BCUT2D eigenvalue weighted by atomic mass is 9.85. The Balaban J connectivity index is 2.11. The second kappa shape index (κ2) is 12.2. The zero-order chi connectivity index (χ0) is 23.7. The van der Waals surface area contributed by atoms with Crippen LogP contribution in [0.4, 0.5) is 0 Å². The molecule has 1 saturated carbocycles. The maximum Gasteiger partial charge on any atom is 0.328 e. The summed E-state index contributed by atoms with van der Waals surface area (Å²) in [5.41, 5.74) is 4.58. The second-order valence-electron chi connectivity index (χ2n) is 8.19. The molecule has 1 aliphatic rings. The van der Waals surface area contributed by atoms with E-state index in [1.54, 1.807) is 6.07 Å². The summed E-state index contributed by atoms with van der Waals surface area (Å²) in [6.07, 6.45) is 6.59. The van der Waals surface area contributed by atoms with Gasteiger partial charge in [0.2, 0.25) is 0 Å². The molecule has 0 aliphatic heterocycles. The van der Waals surface area contributed by atoms with Gasteiger partial charge in [0.1, 0.15) is 6.04 Å². The molecule has 2 rings (SSSR count). The Morgan fingerprint density at radius 1 is 1.03 bits per heavy atom. The van der Waals surface area contributed by atoms with Crippen LogP contribution in [0.5, 0.6) is 11.5 Å². The van der Waals surface area contributed by atoms with Gasteiger partial charge in [-0.15, -0.1) is 0 Å². The lowest BCUT2D eigenvalue weighted by Crippen LogP contribution is -2.69. The van der Waals surface area contributed by atoms with E-state index in [1.807, 2.05) is 0 Å². The van der Waals surface area contributed by atoms with Gasteiger partial charge in [0.15, 0.2) is 17.5 Å². The van der Waals surface area contributed by atoms with Crippen molar-refractivity contribution in [2.45, 2.75) is 70.9 Å². The van der Waals surface area contributed by atoms with Crippen LogP contribution in [-0.4, -0.2) is 43.0 Å². The average molecular weight is 450 g/mol. The number of carbonyl (C=O) groups excluding carboxylic acids is 4. The van der Waals surface area contributed by atoms with Crippen LogP contribution < -0.4 is 20.5 Å². The molecule has 0 spiro atoms. The number of rotatable bonds is 9. The van der Waals surface area contributed by atoms with Gasteiger partial charge in [-0.05, 0) is 23.6 Å². The van der Waals surface area contributed by atoms with Crippen molar-refractivity contribution in [3.05, 3.63) is 23.8 Å². The van der Waals surface area contributed by atoms with Crippen molar-refractivity contribution in [3.8, 4) is 11.5 Å². The Bertz CT molecular complexity index is 834. The topological polar surface area (TPSA) is 136 Å². The maximum absolute atomic E-state index is 12.7. The summed E-state index contributed by atoms with van der Waals surface area (Å²) in [6, 6.07) is 3.18. The van der Waals surface area contributed by atoms with Crippen molar-refractivity contribution in [3.63, 3.8) is 0 Å². The van der Waals surface area contributed by atoms with E-state index in [0.29, 0.717) is 17.9 Å². The van der Waals surface area contributed by atoms with Crippen molar-refractivity contribution < 1.29 is 39.1 Å². The summed E-state index contributed by atoms with van der Waals surface area (Å²) >= 11 is 0. The van der Waals surface area contributed by atoms with E-state index in [0.717, 1.165) is 12.8 Å². The van der Waals surface area contributed by atoms with Gasteiger partial charge in [-0.1, -0.05) is 38.2 Å². The van der Waals surface area contributed by atoms with Gasteiger partial charge in [0.25, 0.3) is 5.91 Å². The second-order valence-corrected chi connectivity index (χ2v) is 8.19. The minimum atomic E-state index is -0.937. The van der Waals surface area contributed by atoms with E-state index in [9.17, 15) is 19.2 Å². The minimum Gasteiger partial charge on any atom is -0.467 e. The third kappa shape index (κ3) is 7.96. The van der Waals surface area contributed by atoms with Crippen molar-refractivity contribution in [2.24, 2.45) is 5.92 Å². The molecule has 1 aromatic carbocycles. The van der Waals surface area contributed by atoms with Crippen molar-refractivity contribution >= 4 is 23.8 Å². The molecule has 0 radical (unpaired) electrons. The number of hydrogen-bond acceptors (Lipinski definition) is 7. The molecule has 1 amide bonds. The monoisotopic (exact) mass is 449 g/mol. The summed E-state index contributed by atoms with van der Waals surface area (Å²) in [5, 5.41) is 2.74. The van der Waals surface area contributed by atoms with Crippen LogP contribution >= 0.6 is 0 Å². The predicted molar refractivity (Wildman–Crippen MR) is 115 cm³/mol.